The first-order valence-corrected chi connectivity index (χ1v) is 6.24. The Hall–Kier alpha value is -1.71. The van der Waals surface area contributed by atoms with E-state index in [1.165, 1.54) is 0 Å². The maximum absolute atomic E-state index is 11.1. The van der Waals surface area contributed by atoms with E-state index in [-0.39, 0.29) is 5.56 Å². The van der Waals surface area contributed by atoms with Gasteiger partial charge in [-0.1, -0.05) is 0 Å². The number of carboxylic acids is 1. The molecule has 0 amide bonds. The summed E-state index contributed by atoms with van der Waals surface area (Å²) in [6, 6.07) is 1.85. The third-order valence-corrected chi connectivity index (χ3v) is 3.25. The fourth-order valence-corrected chi connectivity index (χ4v) is 2.45. The molecule has 0 atom stereocenters. The second kappa shape index (κ2) is 4.88. The Balaban J connectivity index is 3.89. The van der Waals surface area contributed by atoms with Crippen LogP contribution in [0.2, 0.25) is 0 Å². The summed E-state index contributed by atoms with van der Waals surface area (Å²) in [5.74, 6) is -2.12. The van der Waals surface area contributed by atoms with Gasteiger partial charge in [-0.15, -0.1) is 11.6 Å². The smallest absolute Gasteiger partial charge is 0.337 e. The topological polar surface area (TPSA) is 135 Å². The number of nitrogens with zero attached hydrogens (tertiary/aromatic N) is 1. The van der Waals surface area contributed by atoms with Crippen molar-refractivity contribution in [3.8, 4) is 0 Å². The fraction of sp³-hybridized carbons (Fsp3) is 0.125. The van der Waals surface area contributed by atoms with Crippen LogP contribution in [-0.2, 0) is 16.0 Å². The van der Waals surface area contributed by atoms with Gasteiger partial charge in [-0.05, 0) is 12.1 Å². The van der Waals surface area contributed by atoms with Crippen LogP contribution in [0.3, 0.4) is 0 Å². The second-order valence-electron chi connectivity index (χ2n) is 3.12. The van der Waals surface area contributed by atoms with Crippen molar-refractivity contribution in [2.75, 3.05) is 0 Å². The fourth-order valence-electron chi connectivity index (χ4n) is 1.35. The molecule has 1 rings (SSSR count). The summed E-state index contributed by atoms with van der Waals surface area (Å²) in [6.45, 7) is 0. The maximum Gasteiger partial charge on any atom is 0.337 e. The monoisotopic (exact) mass is 295 g/mol. The molecule has 0 unspecified atom stereocenters. The Labute approximate surface area is 106 Å². The highest BCUT2D eigenvalue weighted by atomic mass is 35.5. The molecule has 0 radical (unpaired) electrons. The predicted octanol–water partition coefficient (Wildman–Crippen LogP) is 1.28. The summed E-state index contributed by atoms with van der Waals surface area (Å²) in [7, 11) is -5.07. The first-order valence-electron chi connectivity index (χ1n) is 4.27. The minimum absolute atomic E-state index is 0.209. The normalized spacial score (nSPS) is 11.2. The van der Waals surface area contributed by atoms with Crippen molar-refractivity contribution >= 4 is 33.4 Å². The van der Waals surface area contributed by atoms with Crippen LogP contribution in [0, 0.1) is 10.1 Å². The van der Waals surface area contributed by atoms with E-state index in [2.05, 4.69) is 0 Å². The summed E-state index contributed by atoms with van der Waals surface area (Å²) in [6.07, 6.45) is 0. The quantitative estimate of drug-likeness (QED) is 0.369. The lowest BCUT2D eigenvalue weighted by molar-refractivity contribution is -0.388. The van der Waals surface area contributed by atoms with Crippen LogP contribution in [0.5, 0.6) is 0 Å². The zero-order chi connectivity index (χ0) is 14.1. The van der Waals surface area contributed by atoms with Crippen molar-refractivity contribution in [3.63, 3.8) is 0 Å². The molecule has 8 nitrogen and oxygen atoms in total. The van der Waals surface area contributed by atoms with Gasteiger partial charge in [0, 0.05) is 5.56 Å². The van der Waals surface area contributed by atoms with E-state index in [1.54, 1.807) is 0 Å². The van der Waals surface area contributed by atoms with Crippen LogP contribution >= 0.6 is 11.6 Å². The Morgan fingerprint density at radius 2 is 2.00 bits per heavy atom. The van der Waals surface area contributed by atoms with Crippen molar-refractivity contribution < 1.29 is 27.8 Å². The number of nitro groups is 1. The molecule has 0 bridgehead atoms. The summed E-state index contributed by atoms with van der Waals surface area (Å²) in [5, 5.41) is 19.6. The average Bonchev–Trinajstić information content (AvgIpc) is 2.25. The first kappa shape index (κ1) is 14.4. The molecule has 0 fully saturated rings. The van der Waals surface area contributed by atoms with E-state index < -0.39 is 43.0 Å². The van der Waals surface area contributed by atoms with Crippen molar-refractivity contribution in [2.24, 2.45) is 0 Å². The third kappa shape index (κ3) is 2.58. The van der Waals surface area contributed by atoms with Gasteiger partial charge in [0.05, 0.1) is 16.4 Å². The van der Waals surface area contributed by atoms with Crippen LogP contribution in [0.25, 0.3) is 0 Å². The molecule has 2 N–H and O–H groups in total. The minimum atomic E-state index is -5.07. The molecule has 0 saturated carbocycles. The lowest BCUT2D eigenvalue weighted by atomic mass is 10.1. The Kier molecular flexibility index (Phi) is 3.89. The van der Waals surface area contributed by atoms with E-state index in [0.29, 0.717) is 0 Å². The number of alkyl halides is 1. The highest BCUT2D eigenvalue weighted by Crippen LogP contribution is 2.32. The van der Waals surface area contributed by atoms with Gasteiger partial charge in [0.2, 0.25) is 0 Å². The van der Waals surface area contributed by atoms with Crippen molar-refractivity contribution in [1.82, 2.24) is 0 Å². The van der Waals surface area contributed by atoms with E-state index in [1.807, 2.05) is 0 Å². The number of hydrogen-bond acceptors (Lipinski definition) is 5. The minimum Gasteiger partial charge on any atom is -0.478 e. The number of nitro benzene ring substituents is 1. The number of hydrogen-bond donors (Lipinski definition) is 2. The molecular weight excluding hydrogens is 290 g/mol. The number of halogens is 1. The van der Waals surface area contributed by atoms with E-state index in [0.717, 1.165) is 12.1 Å². The van der Waals surface area contributed by atoms with Crippen LogP contribution in [0.15, 0.2) is 17.0 Å². The highest BCUT2D eigenvalue weighted by Gasteiger charge is 2.33. The summed E-state index contributed by atoms with van der Waals surface area (Å²) in [4.78, 5) is 19.2. The second-order valence-corrected chi connectivity index (χ2v) is 4.75. The molecule has 0 aliphatic carbocycles. The van der Waals surface area contributed by atoms with Crippen molar-refractivity contribution in [2.45, 2.75) is 10.8 Å². The largest absolute Gasteiger partial charge is 0.478 e. The molecule has 1 aromatic rings. The molecule has 1 aromatic carbocycles. The van der Waals surface area contributed by atoms with Gasteiger partial charge >= 0.3 is 16.1 Å². The SMILES string of the molecule is O=C(O)c1ccc(CCl)c([N+](=O)[O-])c1S(=O)(=O)O. The van der Waals surface area contributed by atoms with E-state index in [9.17, 15) is 23.3 Å². The van der Waals surface area contributed by atoms with Gasteiger partial charge in [0.1, 0.15) is 0 Å². The number of rotatable bonds is 4. The summed E-state index contributed by atoms with van der Waals surface area (Å²) < 4.78 is 31.1. The maximum atomic E-state index is 11.1. The Bertz CT molecular complexity index is 625. The molecule has 0 saturated heterocycles. The molecule has 0 spiro atoms. The third-order valence-electron chi connectivity index (χ3n) is 2.03. The van der Waals surface area contributed by atoms with Gasteiger partial charge in [-0.2, -0.15) is 8.42 Å². The van der Waals surface area contributed by atoms with Crippen molar-refractivity contribution in [1.29, 1.82) is 0 Å². The van der Waals surface area contributed by atoms with Gasteiger partial charge in [0.15, 0.2) is 4.90 Å². The zero-order valence-corrected chi connectivity index (χ0v) is 10.1. The van der Waals surface area contributed by atoms with Crippen LogP contribution in [0.4, 0.5) is 5.69 Å². The molecule has 10 heteroatoms. The molecule has 18 heavy (non-hydrogen) atoms. The molecule has 0 aliphatic heterocycles. The van der Waals surface area contributed by atoms with Crippen LogP contribution in [-0.4, -0.2) is 29.0 Å². The van der Waals surface area contributed by atoms with Gasteiger partial charge in [0.25, 0.3) is 5.69 Å². The van der Waals surface area contributed by atoms with Crippen molar-refractivity contribution in [3.05, 3.63) is 33.4 Å². The number of aromatic carboxylic acids is 1. The first-order chi connectivity index (χ1) is 8.20. The lowest BCUT2D eigenvalue weighted by Crippen LogP contribution is -2.12. The standard InChI is InChI=1S/C8H6ClNO7S/c9-3-4-1-2-5(8(11)12)7(18(15,16)17)6(4)10(13)14/h1-2H,3H2,(H,11,12)(H,15,16,17). The Morgan fingerprint density at radius 1 is 1.44 bits per heavy atom. The van der Waals surface area contributed by atoms with E-state index in [4.69, 9.17) is 21.3 Å². The molecule has 0 aromatic heterocycles. The average molecular weight is 296 g/mol. The Morgan fingerprint density at radius 3 is 2.33 bits per heavy atom. The molecule has 0 aliphatic rings. The molecule has 98 valence electrons. The predicted molar refractivity (Wildman–Crippen MR) is 59.4 cm³/mol. The molecule has 0 heterocycles. The van der Waals surface area contributed by atoms with Gasteiger partial charge < -0.3 is 5.11 Å². The number of carbonyl (C=O) groups is 1. The number of carboxylic acid groups (broad SMARTS) is 1. The molecular formula is C8H6ClNO7S. The summed E-state index contributed by atoms with van der Waals surface area (Å²) in [5.41, 5.74) is -2.13. The van der Waals surface area contributed by atoms with Crippen LogP contribution < -0.4 is 0 Å². The van der Waals surface area contributed by atoms with Gasteiger partial charge in [-0.3, -0.25) is 14.7 Å². The summed E-state index contributed by atoms with van der Waals surface area (Å²) >= 11 is 5.40. The lowest BCUT2D eigenvalue weighted by Gasteiger charge is -2.07. The van der Waals surface area contributed by atoms with Crippen LogP contribution in [0.1, 0.15) is 15.9 Å². The van der Waals surface area contributed by atoms with Gasteiger partial charge in [-0.25, -0.2) is 4.79 Å². The van der Waals surface area contributed by atoms with E-state index >= 15 is 0 Å². The highest BCUT2D eigenvalue weighted by molar-refractivity contribution is 7.86. The zero-order valence-electron chi connectivity index (χ0n) is 8.53. The number of benzene rings is 1.